The van der Waals surface area contributed by atoms with Crippen LogP contribution in [-0.4, -0.2) is 25.5 Å². The third-order valence-electron chi connectivity index (χ3n) is 2.33. The summed E-state index contributed by atoms with van der Waals surface area (Å²) >= 11 is 0. The molecule has 0 aliphatic carbocycles. The van der Waals surface area contributed by atoms with Crippen molar-refractivity contribution in [2.45, 2.75) is 26.2 Å². The van der Waals surface area contributed by atoms with Gasteiger partial charge >= 0.3 is 0 Å². The smallest absolute Gasteiger partial charge is 0.216 e. The molecular weight excluding hydrogens is 152 g/mol. The highest BCUT2D eigenvalue weighted by molar-refractivity contribution is 5.72. The van der Waals surface area contributed by atoms with Crippen molar-refractivity contribution in [3.8, 4) is 0 Å². The SMILES string of the molecule is CC(=O)NCCCC1CCNC1. The fourth-order valence-corrected chi connectivity index (χ4v) is 1.62. The van der Waals surface area contributed by atoms with E-state index in [2.05, 4.69) is 10.6 Å². The summed E-state index contributed by atoms with van der Waals surface area (Å²) in [6.45, 7) is 4.74. The summed E-state index contributed by atoms with van der Waals surface area (Å²) < 4.78 is 0. The Bertz CT molecular complexity index is 141. The second kappa shape index (κ2) is 5.14. The van der Waals surface area contributed by atoms with E-state index in [1.165, 1.54) is 25.9 Å². The average Bonchev–Trinajstić information content (AvgIpc) is 2.49. The Kier molecular flexibility index (Phi) is 4.08. The highest BCUT2D eigenvalue weighted by atomic mass is 16.1. The van der Waals surface area contributed by atoms with E-state index >= 15 is 0 Å². The normalized spacial score (nSPS) is 22.6. The maximum Gasteiger partial charge on any atom is 0.216 e. The first-order chi connectivity index (χ1) is 5.79. The molecule has 1 aliphatic heterocycles. The number of amides is 1. The first-order valence-electron chi connectivity index (χ1n) is 4.74. The lowest BCUT2D eigenvalue weighted by Gasteiger charge is -2.07. The lowest BCUT2D eigenvalue weighted by Crippen LogP contribution is -2.21. The summed E-state index contributed by atoms with van der Waals surface area (Å²) in [6, 6.07) is 0. The molecule has 1 rings (SSSR count). The Morgan fingerprint density at radius 2 is 2.50 bits per heavy atom. The van der Waals surface area contributed by atoms with Gasteiger partial charge in [-0.1, -0.05) is 0 Å². The molecular formula is C9H18N2O. The summed E-state index contributed by atoms with van der Waals surface area (Å²) in [5.74, 6) is 0.929. The van der Waals surface area contributed by atoms with Crippen molar-refractivity contribution in [3.63, 3.8) is 0 Å². The minimum Gasteiger partial charge on any atom is -0.356 e. The average molecular weight is 170 g/mol. The van der Waals surface area contributed by atoms with E-state index in [4.69, 9.17) is 0 Å². The Hall–Kier alpha value is -0.570. The van der Waals surface area contributed by atoms with Crippen molar-refractivity contribution in [2.75, 3.05) is 19.6 Å². The van der Waals surface area contributed by atoms with Gasteiger partial charge in [-0.2, -0.15) is 0 Å². The van der Waals surface area contributed by atoms with Crippen molar-refractivity contribution < 1.29 is 4.79 Å². The molecule has 1 fully saturated rings. The van der Waals surface area contributed by atoms with Crippen LogP contribution in [0.5, 0.6) is 0 Å². The highest BCUT2D eigenvalue weighted by Gasteiger charge is 2.12. The molecule has 2 N–H and O–H groups in total. The third-order valence-corrected chi connectivity index (χ3v) is 2.33. The first kappa shape index (κ1) is 9.52. The predicted octanol–water partition coefficient (Wildman–Crippen LogP) is 0.512. The lowest BCUT2D eigenvalue weighted by molar-refractivity contribution is -0.118. The third kappa shape index (κ3) is 3.72. The summed E-state index contributed by atoms with van der Waals surface area (Å²) in [7, 11) is 0. The van der Waals surface area contributed by atoms with Gasteiger partial charge in [0.25, 0.3) is 0 Å². The molecule has 0 spiro atoms. The second-order valence-corrected chi connectivity index (χ2v) is 3.48. The topological polar surface area (TPSA) is 41.1 Å². The van der Waals surface area contributed by atoms with Crippen LogP contribution in [0.1, 0.15) is 26.2 Å². The van der Waals surface area contributed by atoms with Crippen LogP contribution in [0.4, 0.5) is 0 Å². The van der Waals surface area contributed by atoms with Crippen LogP contribution >= 0.6 is 0 Å². The van der Waals surface area contributed by atoms with Crippen molar-refractivity contribution in [1.82, 2.24) is 10.6 Å². The van der Waals surface area contributed by atoms with Gasteiger partial charge in [0.2, 0.25) is 5.91 Å². The second-order valence-electron chi connectivity index (χ2n) is 3.48. The predicted molar refractivity (Wildman–Crippen MR) is 48.9 cm³/mol. The minimum absolute atomic E-state index is 0.0829. The van der Waals surface area contributed by atoms with E-state index in [0.717, 1.165) is 18.9 Å². The van der Waals surface area contributed by atoms with Crippen LogP contribution < -0.4 is 10.6 Å². The molecule has 3 heteroatoms. The molecule has 1 heterocycles. The molecule has 12 heavy (non-hydrogen) atoms. The monoisotopic (exact) mass is 170 g/mol. The Labute approximate surface area is 73.9 Å². The van der Waals surface area contributed by atoms with Crippen LogP contribution in [0.2, 0.25) is 0 Å². The summed E-state index contributed by atoms with van der Waals surface area (Å²) in [6.07, 6.45) is 3.67. The molecule has 0 aromatic rings. The summed E-state index contributed by atoms with van der Waals surface area (Å²) in [4.78, 5) is 10.5. The van der Waals surface area contributed by atoms with E-state index in [0.29, 0.717) is 0 Å². The van der Waals surface area contributed by atoms with Crippen molar-refractivity contribution in [2.24, 2.45) is 5.92 Å². The van der Waals surface area contributed by atoms with Crippen LogP contribution in [0.15, 0.2) is 0 Å². The standard InChI is InChI=1S/C9H18N2O/c1-8(12)11-5-2-3-9-4-6-10-7-9/h9-10H,2-7H2,1H3,(H,11,12). The van der Waals surface area contributed by atoms with Gasteiger partial charge in [0.15, 0.2) is 0 Å². The number of nitrogens with one attached hydrogen (secondary N) is 2. The van der Waals surface area contributed by atoms with Crippen LogP contribution in [-0.2, 0) is 4.79 Å². The molecule has 0 aromatic carbocycles. The van der Waals surface area contributed by atoms with Gasteiger partial charge in [-0.3, -0.25) is 4.79 Å². The number of hydrogen-bond donors (Lipinski definition) is 2. The van der Waals surface area contributed by atoms with E-state index < -0.39 is 0 Å². The number of rotatable bonds is 4. The summed E-state index contributed by atoms with van der Waals surface area (Å²) in [5, 5.41) is 6.14. The highest BCUT2D eigenvalue weighted by Crippen LogP contribution is 2.13. The largest absolute Gasteiger partial charge is 0.356 e. The number of carbonyl (C=O) groups excluding carboxylic acids is 1. The molecule has 0 aromatic heterocycles. The van der Waals surface area contributed by atoms with Gasteiger partial charge in [-0.15, -0.1) is 0 Å². The fourth-order valence-electron chi connectivity index (χ4n) is 1.62. The molecule has 0 bridgehead atoms. The van der Waals surface area contributed by atoms with Gasteiger partial charge in [-0.25, -0.2) is 0 Å². The Morgan fingerprint density at radius 3 is 3.08 bits per heavy atom. The molecule has 0 saturated carbocycles. The van der Waals surface area contributed by atoms with Gasteiger partial charge in [-0.05, 0) is 38.3 Å². The van der Waals surface area contributed by atoms with Gasteiger partial charge in [0, 0.05) is 13.5 Å². The molecule has 1 saturated heterocycles. The van der Waals surface area contributed by atoms with Gasteiger partial charge in [0.1, 0.15) is 0 Å². The number of carbonyl (C=O) groups is 1. The molecule has 1 atom stereocenters. The van der Waals surface area contributed by atoms with E-state index in [1.54, 1.807) is 6.92 Å². The van der Waals surface area contributed by atoms with Crippen molar-refractivity contribution >= 4 is 5.91 Å². The van der Waals surface area contributed by atoms with Gasteiger partial charge in [0.05, 0.1) is 0 Å². The zero-order valence-electron chi connectivity index (χ0n) is 7.73. The van der Waals surface area contributed by atoms with E-state index in [-0.39, 0.29) is 5.91 Å². The molecule has 3 nitrogen and oxygen atoms in total. The summed E-state index contributed by atoms with van der Waals surface area (Å²) in [5.41, 5.74) is 0. The van der Waals surface area contributed by atoms with E-state index in [1.807, 2.05) is 0 Å². The number of hydrogen-bond acceptors (Lipinski definition) is 2. The molecule has 1 aliphatic rings. The molecule has 1 unspecified atom stereocenters. The zero-order valence-corrected chi connectivity index (χ0v) is 7.73. The van der Waals surface area contributed by atoms with Crippen LogP contribution in [0.3, 0.4) is 0 Å². The lowest BCUT2D eigenvalue weighted by atomic mass is 10.0. The molecule has 0 radical (unpaired) electrons. The van der Waals surface area contributed by atoms with Crippen LogP contribution in [0, 0.1) is 5.92 Å². The minimum atomic E-state index is 0.0829. The molecule has 70 valence electrons. The van der Waals surface area contributed by atoms with E-state index in [9.17, 15) is 4.79 Å². The van der Waals surface area contributed by atoms with Gasteiger partial charge < -0.3 is 10.6 Å². The fraction of sp³-hybridized carbons (Fsp3) is 0.889. The molecule has 1 amide bonds. The van der Waals surface area contributed by atoms with Crippen LogP contribution in [0.25, 0.3) is 0 Å². The quantitative estimate of drug-likeness (QED) is 0.604. The maximum absolute atomic E-state index is 10.5. The zero-order chi connectivity index (χ0) is 8.81. The Morgan fingerprint density at radius 1 is 1.67 bits per heavy atom. The van der Waals surface area contributed by atoms with Crippen molar-refractivity contribution in [1.29, 1.82) is 0 Å². The Balaban J connectivity index is 1.91. The van der Waals surface area contributed by atoms with Crippen molar-refractivity contribution in [3.05, 3.63) is 0 Å². The maximum atomic E-state index is 10.5. The first-order valence-corrected chi connectivity index (χ1v) is 4.74.